The first-order valence-corrected chi connectivity index (χ1v) is 13.6. The van der Waals surface area contributed by atoms with Crippen molar-refractivity contribution in [2.45, 2.75) is 73.1 Å². The predicted molar refractivity (Wildman–Crippen MR) is 157 cm³/mol. The van der Waals surface area contributed by atoms with Crippen LogP contribution in [0.3, 0.4) is 0 Å². The minimum atomic E-state index is -1.11. The van der Waals surface area contributed by atoms with E-state index in [-0.39, 0.29) is 23.8 Å². The van der Waals surface area contributed by atoms with E-state index in [1.807, 2.05) is 30.3 Å². The molecule has 42 heavy (non-hydrogen) atoms. The molecular weight excluding hydrogens is 540 g/mol. The lowest BCUT2D eigenvalue weighted by Crippen LogP contribution is -2.59. The normalized spacial score (nSPS) is 13.2. The van der Waals surface area contributed by atoms with Gasteiger partial charge >= 0.3 is 0 Å². The van der Waals surface area contributed by atoms with Gasteiger partial charge in [-0.1, -0.05) is 65.0 Å². The standard InChI is InChI=1S/C30H40N6O6/c1-17(2)23(24(38)28(41)32-15-20-11-9-8-10-12-20)35-26(39)18(3)33-29(42)25(30(5,6)7)36-27(40)21-13-14-22(31-16-21)34-19(4)37/h8-14,16-18,23,25H,15H2,1-7H3,(H,32,41)(H,33,42)(H,35,39)(H,36,40)(H,31,34,37)/t18-,23-,25+/m0/s1. The van der Waals surface area contributed by atoms with Crippen LogP contribution in [0.25, 0.3) is 0 Å². The number of anilines is 1. The molecule has 0 spiro atoms. The second-order valence-electron chi connectivity index (χ2n) is 11.4. The molecule has 0 bridgehead atoms. The Kier molecular flexibility index (Phi) is 11.9. The summed E-state index contributed by atoms with van der Waals surface area (Å²) in [6.07, 6.45) is 1.27. The molecule has 3 atom stereocenters. The number of benzene rings is 1. The van der Waals surface area contributed by atoms with E-state index >= 15 is 0 Å². The van der Waals surface area contributed by atoms with E-state index in [1.54, 1.807) is 34.6 Å². The van der Waals surface area contributed by atoms with Crippen LogP contribution in [0, 0.1) is 11.3 Å². The van der Waals surface area contributed by atoms with Crippen LogP contribution in [0.4, 0.5) is 5.82 Å². The Hall–Kier alpha value is -4.61. The van der Waals surface area contributed by atoms with Crippen LogP contribution in [-0.4, -0.2) is 58.4 Å². The third kappa shape index (κ3) is 10.1. The number of aromatic nitrogens is 1. The number of nitrogens with zero attached hydrogens (tertiary/aromatic N) is 1. The number of nitrogens with one attached hydrogen (secondary N) is 5. The van der Waals surface area contributed by atoms with Crippen molar-refractivity contribution >= 4 is 41.1 Å². The molecule has 12 nitrogen and oxygen atoms in total. The molecular formula is C30H40N6O6. The average molecular weight is 581 g/mol. The predicted octanol–water partition coefficient (Wildman–Crippen LogP) is 1.72. The summed E-state index contributed by atoms with van der Waals surface area (Å²) in [6, 6.07) is 8.77. The average Bonchev–Trinajstić information content (AvgIpc) is 2.92. The maximum Gasteiger partial charge on any atom is 0.289 e. The molecule has 1 aromatic heterocycles. The van der Waals surface area contributed by atoms with Gasteiger partial charge in [0.15, 0.2) is 0 Å². The van der Waals surface area contributed by atoms with Crippen molar-refractivity contribution in [3.05, 3.63) is 59.8 Å². The van der Waals surface area contributed by atoms with Crippen molar-refractivity contribution in [1.82, 2.24) is 26.3 Å². The second-order valence-corrected chi connectivity index (χ2v) is 11.4. The van der Waals surface area contributed by atoms with Crippen molar-refractivity contribution in [1.29, 1.82) is 0 Å². The van der Waals surface area contributed by atoms with Gasteiger partial charge in [-0.2, -0.15) is 0 Å². The Balaban J connectivity index is 2.04. The van der Waals surface area contributed by atoms with Crippen molar-refractivity contribution in [3.63, 3.8) is 0 Å². The molecule has 1 heterocycles. The van der Waals surface area contributed by atoms with Gasteiger partial charge in [-0.25, -0.2) is 4.98 Å². The largest absolute Gasteiger partial charge is 0.345 e. The molecule has 2 aromatic rings. The molecule has 0 saturated carbocycles. The molecule has 0 aliphatic heterocycles. The maximum atomic E-state index is 13.2. The number of ketones is 1. The molecule has 12 heteroatoms. The fourth-order valence-electron chi connectivity index (χ4n) is 3.85. The van der Waals surface area contributed by atoms with Crippen molar-refractivity contribution in [2.24, 2.45) is 11.3 Å². The third-order valence-electron chi connectivity index (χ3n) is 6.25. The zero-order valence-corrected chi connectivity index (χ0v) is 25.0. The highest BCUT2D eigenvalue weighted by Crippen LogP contribution is 2.20. The van der Waals surface area contributed by atoms with Crippen LogP contribution < -0.4 is 26.6 Å². The van der Waals surface area contributed by atoms with E-state index in [9.17, 15) is 28.8 Å². The Labute approximate surface area is 245 Å². The number of Topliss-reactive ketones (excluding diaryl/α,β-unsaturated/α-hetero) is 1. The van der Waals surface area contributed by atoms with E-state index < -0.39 is 58.9 Å². The molecule has 0 aliphatic rings. The Morgan fingerprint density at radius 3 is 2.00 bits per heavy atom. The summed E-state index contributed by atoms with van der Waals surface area (Å²) in [7, 11) is 0. The quantitative estimate of drug-likeness (QED) is 0.237. The highest BCUT2D eigenvalue weighted by molar-refractivity contribution is 6.38. The van der Waals surface area contributed by atoms with Crippen LogP contribution in [0.2, 0.25) is 0 Å². The van der Waals surface area contributed by atoms with Gasteiger partial charge in [0.2, 0.25) is 23.5 Å². The lowest BCUT2D eigenvalue weighted by Gasteiger charge is -2.31. The molecule has 226 valence electrons. The zero-order valence-electron chi connectivity index (χ0n) is 25.0. The summed E-state index contributed by atoms with van der Waals surface area (Å²) in [5, 5.41) is 12.9. The number of hydrogen-bond donors (Lipinski definition) is 5. The molecule has 0 saturated heterocycles. The second kappa shape index (κ2) is 14.9. The van der Waals surface area contributed by atoms with Crippen LogP contribution >= 0.6 is 0 Å². The van der Waals surface area contributed by atoms with Crippen LogP contribution in [0.1, 0.15) is 64.4 Å². The number of rotatable bonds is 12. The van der Waals surface area contributed by atoms with E-state index in [4.69, 9.17) is 0 Å². The summed E-state index contributed by atoms with van der Waals surface area (Å²) < 4.78 is 0. The van der Waals surface area contributed by atoms with E-state index in [0.717, 1.165) is 5.56 Å². The third-order valence-corrected chi connectivity index (χ3v) is 6.25. The minimum Gasteiger partial charge on any atom is -0.345 e. The first-order valence-electron chi connectivity index (χ1n) is 13.6. The number of amides is 5. The number of hydrogen-bond acceptors (Lipinski definition) is 7. The lowest BCUT2D eigenvalue weighted by atomic mass is 9.85. The Morgan fingerprint density at radius 2 is 1.48 bits per heavy atom. The van der Waals surface area contributed by atoms with Crippen molar-refractivity contribution < 1.29 is 28.8 Å². The fraction of sp³-hybridized carbons (Fsp3) is 0.433. The van der Waals surface area contributed by atoms with Crippen molar-refractivity contribution in [3.8, 4) is 0 Å². The summed E-state index contributed by atoms with van der Waals surface area (Å²) >= 11 is 0. The minimum absolute atomic E-state index is 0.159. The molecule has 2 rings (SSSR count). The van der Waals surface area contributed by atoms with Crippen LogP contribution in [0.5, 0.6) is 0 Å². The fourth-order valence-corrected chi connectivity index (χ4v) is 3.85. The van der Waals surface area contributed by atoms with Gasteiger partial charge < -0.3 is 26.6 Å². The lowest BCUT2D eigenvalue weighted by molar-refractivity contribution is -0.141. The SMILES string of the molecule is CC(=O)Nc1ccc(C(=O)N[C@H](C(=O)N[C@@H](C)C(=O)N[C@H](C(=O)C(=O)NCc2ccccc2)C(C)C)C(C)(C)C)cn1. The number of carbonyl (C=O) groups is 6. The van der Waals surface area contributed by atoms with Gasteiger partial charge in [0.1, 0.15) is 17.9 Å². The van der Waals surface area contributed by atoms with Gasteiger partial charge in [0, 0.05) is 19.7 Å². The summed E-state index contributed by atoms with van der Waals surface area (Å²) in [5.41, 5.74) is 0.243. The molecule has 0 radical (unpaired) electrons. The smallest absolute Gasteiger partial charge is 0.289 e. The first kappa shape index (κ1) is 33.6. The van der Waals surface area contributed by atoms with Crippen molar-refractivity contribution in [2.75, 3.05) is 5.32 Å². The zero-order chi connectivity index (χ0) is 31.6. The highest BCUT2D eigenvalue weighted by atomic mass is 16.2. The molecule has 0 unspecified atom stereocenters. The molecule has 5 N–H and O–H groups in total. The number of pyridine rings is 1. The van der Waals surface area contributed by atoms with Gasteiger partial charge in [-0.15, -0.1) is 0 Å². The van der Waals surface area contributed by atoms with Crippen LogP contribution in [-0.2, 0) is 30.5 Å². The monoisotopic (exact) mass is 580 g/mol. The van der Waals surface area contributed by atoms with E-state index in [2.05, 4.69) is 31.6 Å². The van der Waals surface area contributed by atoms with Gasteiger partial charge in [0.05, 0.1) is 11.6 Å². The van der Waals surface area contributed by atoms with Gasteiger partial charge in [-0.3, -0.25) is 28.8 Å². The summed E-state index contributed by atoms with van der Waals surface area (Å²) in [6.45, 7) is 11.6. The number of carbonyl (C=O) groups excluding carboxylic acids is 6. The highest BCUT2D eigenvalue weighted by Gasteiger charge is 2.36. The van der Waals surface area contributed by atoms with Gasteiger partial charge in [0.25, 0.3) is 11.8 Å². The molecule has 0 aliphatic carbocycles. The summed E-state index contributed by atoms with van der Waals surface area (Å²) in [5.74, 6) is -3.92. The Morgan fingerprint density at radius 1 is 0.833 bits per heavy atom. The topological polar surface area (TPSA) is 175 Å². The first-order chi connectivity index (χ1) is 19.6. The molecule has 5 amide bonds. The maximum absolute atomic E-state index is 13.2. The summed E-state index contributed by atoms with van der Waals surface area (Å²) in [4.78, 5) is 79.7. The van der Waals surface area contributed by atoms with Gasteiger partial charge in [-0.05, 0) is 36.0 Å². The molecule has 1 aromatic carbocycles. The van der Waals surface area contributed by atoms with Crippen LogP contribution in [0.15, 0.2) is 48.7 Å². The van der Waals surface area contributed by atoms with E-state index in [0.29, 0.717) is 0 Å². The molecule has 0 fully saturated rings. The Bertz CT molecular complexity index is 1290. The van der Waals surface area contributed by atoms with E-state index in [1.165, 1.54) is 32.2 Å².